The van der Waals surface area contributed by atoms with Crippen molar-refractivity contribution in [3.05, 3.63) is 47.0 Å². The highest BCUT2D eigenvalue weighted by Crippen LogP contribution is 2.62. The Balaban J connectivity index is 1.76. The molecule has 0 amide bonds. The number of esters is 1. The number of carbonyl (C=O) groups is 2. The molecule has 0 radical (unpaired) electrons. The first-order valence-electron chi connectivity index (χ1n) is 12.2. The van der Waals surface area contributed by atoms with E-state index in [1.807, 2.05) is 6.92 Å². The maximum Gasteiger partial charge on any atom is 0.338 e. The van der Waals surface area contributed by atoms with Crippen LogP contribution in [0.1, 0.15) is 57.3 Å². The highest BCUT2D eigenvalue weighted by atomic mass is 16.6. The Morgan fingerprint density at radius 3 is 2.37 bits per heavy atom. The number of allylic oxidation sites excluding steroid dienone is 1. The zero-order chi connectivity index (χ0) is 25.6. The lowest BCUT2D eigenvalue weighted by molar-refractivity contribution is -0.342. The number of aliphatic hydroxyl groups is 4. The number of Topliss-reactive ketones (excluding diaryl/α,β-unsaturated/α-hetero) is 1. The number of rotatable bonds is 2. The molecule has 1 saturated heterocycles. The van der Waals surface area contributed by atoms with Gasteiger partial charge in [0.25, 0.3) is 0 Å². The van der Waals surface area contributed by atoms with Gasteiger partial charge in [0.2, 0.25) is 0 Å². The van der Waals surface area contributed by atoms with Crippen LogP contribution in [0.3, 0.4) is 0 Å². The summed E-state index contributed by atoms with van der Waals surface area (Å²) in [6.45, 7) is 6.64. The summed E-state index contributed by atoms with van der Waals surface area (Å²) in [6, 6.07) is 8.32. The Morgan fingerprint density at radius 1 is 1.11 bits per heavy atom. The van der Waals surface area contributed by atoms with Crippen LogP contribution < -0.4 is 0 Å². The SMILES string of the molecule is CC1=C2[C@@H](O)C(=O)[C@@]3(C)C([C@H](OC(=O)c4ccccc4)[C@](O)(CC1)C2(C)C)[C@]1(O)CO[C@@H]1C[C@@H]3O. The molecule has 8 atom stereocenters. The summed E-state index contributed by atoms with van der Waals surface area (Å²) in [5.74, 6) is -2.57. The third-order valence-electron chi connectivity index (χ3n) is 9.55. The summed E-state index contributed by atoms with van der Waals surface area (Å²) in [5, 5.41) is 46.9. The van der Waals surface area contributed by atoms with Gasteiger partial charge in [-0.1, -0.05) is 37.6 Å². The molecule has 0 spiro atoms. The highest BCUT2D eigenvalue weighted by Gasteiger charge is 2.75. The van der Waals surface area contributed by atoms with Gasteiger partial charge in [-0.2, -0.15) is 0 Å². The van der Waals surface area contributed by atoms with Crippen LogP contribution in [0, 0.1) is 16.7 Å². The zero-order valence-electron chi connectivity index (χ0n) is 20.5. The molecule has 0 aromatic heterocycles. The van der Waals surface area contributed by atoms with Crippen molar-refractivity contribution in [2.75, 3.05) is 6.61 Å². The van der Waals surface area contributed by atoms with E-state index in [1.54, 1.807) is 44.2 Å². The zero-order valence-corrected chi connectivity index (χ0v) is 20.5. The van der Waals surface area contributed by atoms with E-state index in [0.29, 0.717) is 12.0 Å². The number of aliphatic hydroxyl groups excluding tert-OH is 2. The van der Waals surface area contributed by atoms with Crippen molar-refractivity contribution in [1.82, 2.24) is 0 Å². The van der Waals surface area contributed by atoms with Gasteiger partial charge in [-0.25, -0.2) is 4.79 Å². The van der Waals surface area contributed by atoms with Crippen molar-refractivity contribution < 1.29 is 39.5 Å². The van der Waals surface area contributed by atoms with Crippen LogP contribution in [0.5, 0.6) is 0 Å². The lowest BCUT2D eigenvalue weighted by Gasteiger charge is -2.66. The van der Waals surface area contributed by atoms with Crippen molar-refractivity contribution in [2.45, 2.75) is 82.6 Å². The molecule has 1 aromatic rings. The third-order valence-corrected chi connectivity index (χ3v) is 9.55. The summed E-state index contributed by atoms with van der Waals surface area (Å²) in [4.78, 5) is 27.4. The Labute approximate surface area is 204 Å². The van der Waals surface area contributed by atoms with E-state index < -0.39 is 64.1 Å². The number of ketones is 1. The molecule has 4 aliphatic rings. The molecule has 8 nitrogen and oxygen atoms in total. The van der Waals surface area contributed by atoms with E-state index in [4.69, 9.17) is 9.47 Å². The Morgan fingerprint density at radius 2 is 1.77 bits per heavy atom. The molecular weight excluding hydrogens is 452 g/mol. The fourth-order valence-electron chi connectivity index (χ4n) is 7.29. The minimum absolute atomic E-state index is 0.0127. The molecule has 1 aliphatic heterocycles. The second kappa shape index (κ2) is 7.70. The standard InChI is InChI=1S/C27H34O8/c1-14-10-11-27(33)22(35-23(31)15-8-6-5-7-9-15)20-25(4,16(28)12-17-26(20,32)13-34-17)21(30)19(29)18(14)24(27,2)3/h5-9,16-17,19-20,22,28-29,32-33H,10-13H2,1-4H3/t16-,17+,19+,20?,22-,25+,26-,27+/m0/s1. The van der Waals surface area contributed by atoms with Crippen LogP contribution in [-0.2, 0) is 14.3 Å². The summed E-state index contributed by atoms with van der Waals surface area (Å²) < 4.78 is 11.6. The van der Waals surface area contributed by atoms with Crippen molar-refractivity contribution in [3.63, 3.8) is 0 Å². The average molecular weight is 487 g/mol. The fourth-order valence-corrected chi connectivity index (χ4v) is 7.29. The Kier molecular flexibility index (Phi) is 5.41. The van der Waals surface area contributed by atoms with E-state index in [1.165, 1.54) is 6.92 Å². The predicted molar refractivity (Wildman–Crippen MR) is 124 cm³/mol. The molecule has 1 unspecified atom stereocenters. The van der Waals surface area contributed by atoms with Crippen molar-refractivity contribution in [3.8, 4) is 0 Å². The topological polar surface area (TPSA) is 134 Å². The van der Waals surface area contributed by atoms with Gasteiger partial charge in [0.05, 0.1) is 29.8 Å². The first-order chi connectivity index (χ1) is 16.3. The van der Waals surface area contributed by atoms with Gasteiger partial charge in [0.15, 0.2) is 5.78 Å². The molecule has 8 heteroatoms. The van der Waals surface area contributed by atoms with Crippen molar-refractivity contribution in [1.29, 1.82) is 0 Å². The maximum absolute atomic E-state index is 14.0. The molecular formula is C27H34O8. The smallest absolute Gasteiger partial charge is 0.338 e. The first-order valence-corrected chi connectivity index (χ1v) is 12.2. The lowest BCUT2D eigenvalue weighted by Crippen LogP contribution is -2.80. The van der Waals surface area contributed by atoms with Gasteiger partial charge >= 0.3 is 5.97 Å². The number of hydrogen-bond donors (Lipinski definition) is 4. The van der Waals surface area contributed by atoms with Gasteiger partial charge in [0, 0.05) is 17.8 Å². The van der Waals surface area contributed by atoms with E-state index in [0.717, 1.165) is 5.57 Å². The van der Waals surface area contributed by atoms with Crippen molar-refractivity contribution >= 4 is 11.8 Å². The Hall–Kier alpha value is -2.10. The molecule has 3 fully saturated rings. The molecule has 5 rings (SSSR count). The molecule has 2 saturated carbocycles. The quantitative estimate of drug-likeness (QED) is 0.365. The molecule has 2 bridgehead atoms. The first kappa shape index (κ1) is 24.6. The highest BCUT2D eigenvalue weighted by molar-refractivity contribution is 5.94. The van der Waals surface area contributed by atoms with Gasteiger partial charge in [0.1, 0.15) is 23.4 Å². The third kappa shape index (κ3) is 3.04. The minimum atomic E-state index is -1.74. The summed E-state index contributed by atoms with van der Waals surface area (Å²) in [5.41, 5.74) is -4.84. The lowest BCUT2D eigenvalue weighted by atomic mass is 9.45. The average Bonchev–Trinajstić information content (AvgIpc) is 2.81. The van der Waals surface area contributed by atoms with Crippen LogP contribution in [0.25, 0.3) is 0 Å². The molecule has 1 heterocycles. The summed E-state index contributed by atoms with van der Waals surface area (Å²) >= 11 is 0. The molecule has 1 aromatic carbocycles. The van der Waals surface area contributed by atoms with Crippen LogP contribution in [-0.4, -0.2) is 74.4 Å². The van der Waals surface area contributed by atoms with Gasteiger partial charge in [-0.15, -0.1) is 0 Å². The predicted octanol–water partition coefficient (Wildman–Crippen LogP) is 1.54. The van der Waals surface area contributed by atoms with E-state index in [9.17, 15) is 30.0 Å². The van der Waals surface area contributed by atoms with Crippen LogP contribution in [0.2, 0.25) is 0 Å². The molecule has 190 valence electrons. The van der Waals surface area contributed by atoms with Gasteiger partial charge < -0.3 is 29.9 Å². The van der Waals surface area contributed by atoms with Crippen molar-refractivity contribution in [2.24, 2.45) is 16.7 Å². The second-order valence-corrected chi connectivity index (χ2v) is 11.5. The summed E-state index contributed by atoms with van der Waals surface area (Å²) in [6.07, 6.45) is -4.46. The van der Waals surface area contributed by atoms with Gasteiger partial charge in [-0.3, -0.25) is 4.79 Å². The monoisotopic (exact) mass is 486 g/mol. The van der Waals surface area contributed by atoms with E-state index >= 15 is 0 Å². The van der Waals surface area contributed by atoms with Crippen LogP contribution >= 0.6 is 0 Å². The second-order valence-electron chi connectivity index (χ2n) is 11.5. The largest absolute Gasteiger partial charge is 0.455 e. The van der Waals surface area contributed by atoms with E-state index in [-0.39, 0.29) is 25.0 Å². The minimum Gasteiger partial charge on any atom is -0.455 e. The molecule has 3 aliphatic carbocycles. The Bertz CT molecular complexity index is 1100. The van der Waals surface area contributed by atoms with Gasteiger partial charge in [-0.05, 0) is 44.4 Å². The number of fused-ring (bicyclic) bond motifs is 5. The fraction of sp³-hybridized carbons (Fsp3) is 0.630. The number of hydrogen-bond acceptors (Lipinski definition) is 8. The molecule has 35 heavy (non-hydrogen) atoms. The normalized spacial score (nSPS) is 44.3. The summed E-state index contributed by atoms with van der Waals surface area (Å²) in [7, 11) is 0. The number of carbonyl (C=O) groups excluding carboxylic acids is 2. The number of benzene rings is 1. The van der Waals surface area contributed by atoms with E-state index in [2.05, 4.69) is 0 Å². The number of ether oxygens (including phenoxy) is 2. The van der Waals surface area contributed by atoms with Crippen LogP contribution in [0.4, 0.5) is 0 Å². The maximum atomic E-state index is 14.0. The van der Waals surface area contributed by atoms with Crippen LogP contribution in [0.15, 0.2) is 41.5 Å². The molecule has 4 N–H and O–H groups in total.